The number of hydrogen-bond donors (Lipinski definition) is 2. The number of methoxy groups -OCH3 is 1. The number of nitro benzene ring substituents is 1. The summed E-state index contributed by atoms with van der Waals surface area (Å²) in [5, 5.41) is 26.5. The van der Waals surface area contributed by atoms with Gasteiger partial charge in [-0.1, -0.05) is 0 Å². The molecule has 0 aliphatic carbocycles. The van der Waals surface area contributed by atoms with E-state index in [1.807, 2.05) is 6.07 Å². The molecule has 7 heteroatoms. The number of nitrogens with one attached hydrogen (secondary N) is 2. The van der Waals surface area contributed by atoms with Gasteiger partial charge in [-0.3, -0.25) is 10.1 Å². The van der Waals surface area contributed by atoms with Gasteiger partial charge in [-0.05, 0) is 31.5 Å². The van der Waals surface area contributed by atoms with Crippen LogP contribution in [-0.2, 0) is 4.74 Å². The minimum Gasteiger partial charge on any atom is -0.383 e. The van der Waals surface area contributed by atoms with E-state index in [-0.39, 0.29) is 16.8 Å². The molecule has 1 aromatic carbocycles. The molecule has 112 valence electrons. The Bertz CT molecular complexity index is 562. The summed E-state index contributed by atoms with van der Waals surface area (Å²) in [6, 6.07) is 6.37. The highest BCUT2D eigenvalue weighted by Crippen LogP contribution is 2.25. The van der Waals surface area contributed by atoms with Crippen molar-refractivity contribution < 1.29 is 9.66 Å². The number of nitro groups is 1. The van der Waals surface area contributed by atoms with Crippen molar-refractivity contribution in [2.24, 2.45) is 0 Å². The molecule has 21 heavy (non-hydrogen) atoms. The van der Waals surface area contributed by atoms with Gasteiger partial charge in [0.1, 0.15) is 11.6 Å². The van der Waals surface area contributed by atoms with E-state index in [2.05, 4.69) is 10.6 Å². The lowest BCUT2D eigenvalue weighted by Gasteiger charge is -2.29. The zero-order chi connectivity index (χ0) is 15.3. The predicted molar refractivity (Wildman–Crippen MR) is 78.1 cm³/mol. The van der Waals surface area contributed by atoms with Gasteiger partial charge in [0, 0.05) is 25.4 Å². The van der Waals surface area contributed by atoms with Gasteiger partial charge < -0.3 is 15.4 Å². The first-order valence-corrected chi connectivity index (χ1v) is 6.77. The lowest BCUT2D eigenvalue weighted by molar-refractivity contribution is -0.385. The molecule has 0 bridgehead atoms. The van der Waals surface area contributed by atoms with Crippen LogP contribution < -0.4 is 10.6 Å². The van der Waals surface area contributed by atoms with Gasteiger partial charge in [-0.15, -0.1) is 0 Å². The fraction of sp³-hybridized carbons (Fsp3) is 0.500. The highest BCUT2D eigenvalue weighted by atomic mass is 16.6. The number of nitriles is 1. The summed E-state index contributed by atoms with van der Waals surface area (Å²) in [7, 11) is 1.66. The Kier molecular flexibility index (Phi) is 4.73. The van der Waals surface area contributed by atoms with E-state index in [9.17, 15) is 10.1 Å². The summed E-state index contributed by atoms with van der Waals surface area (Å²) in [5.74, 6) is 0. The Morgan fingerprint density at radius 3 is 3.00 bits per heavy atom. The second-order valence-electron chi connectivity index (χ2n) is 5.20. The summed E-state index contributed by atoms with van der Waals surface area (Å²) < 4.78 is 5.26. The third-order valence-electron chi connectivity index (χ3n) is 3.70. The highest BCUT2D eigenvalue weighted by Gasteiger charge is 2.33. The van der Waals surface area contributed by atoms with Crippen LogP contribution in [0.15, 0.2) is 18.2 Å². The number of nitrogens with zero attached hydrogens (tertiary/aromatic N) is 2. The molecule has 7 nitrogen and oxygen atoms in total. The van der Waals surface area contributed by atoms with Crippen LogP contribution >= 0.6 is 0 Å². The van der Waals surface area contributed by atoms with Gasteiger partial charge in [0.05, 0.1) is 17.1 Å². The summed E-state index contributed by atoms with van der Waals surface area (Å²) in [4.78, 5) is 10.4. The van der Waals surface area contributed by atoms with Crippen LogP contribution in [0.25, 0.3) is 0 Å². The molecular weight excluding hydrogens is 272 g/mol. The first-order chi connectivity index (χ1) is 10.1. The van der Waals surface area contributed by atoms with Crippen molar-refractivity contribution in [1.29, 1.82) is 5.26 Å². The van der Waals surface area contributed by atoms with Crippen LogP contribution in [0.1, 0.15) is 18.4 Å². The fourth-order valence-electron chi connectivity index (χ4n) is 2.63. The van der Waals surface area contributed by atoms with Crippen LogP contribution in [0.4, 0.5) is 11.4 Å². The molecule has 0 saturated carbocycles. The molecule has 1 aliphatic rings. The third-order valence-corrected chi connectivity index (χ3v) is 3.70. The Hall–Kier alpha value is -2.17. The van der Waals surface area contributed by atoms with E-state index in [0.717, 1.165) is 19.4 Å². The van der Waals surface area contributed by atoms with Crippen LogP contribution in [-0.4, -0.2) is 37.3 Å². The average Bonchev–Trinajstić information content (AvgIpc) is 2.94. The van der Waals surface area contributed by atoms with Gasteiger partial charge >= 0.3 is 0 Å². The molecule has 1 heterocycles. The Balaban J connectivity index is 2.11. The van der Waals surface area contributed by atoms with E-state index < -0.39 is 4.92 Å². The predicted octanol–water partition coefficient (Wildman–Crippen LogP) is 1.65. The van der Waals surface area contributed by atoms with Gasteiger partial charge in [-0.25, -0.2) is 0 Å². The van der Waals surface area contributed by atoms with E-state index >= 15 is 0 Å². The van der Waals surface area contributed by atoms with Gasteiger partial charge in [0.15, 0.2) is 0 Å². The summed E-state index contributed by atoms with van der Waals surface area (Å²) in [5.41, 5.74) is 0.376. The van der Waals surface area contributed by atoms with Gasteiger partial charge in [0.25, 0.3) is 5.69 Å². The maximum absolute atomic E-state index is 11.0. The minimum atomic E-state index is -0.539. The van der Waals surface area contributed by atoms with E-state index in [4.69, 9.17) is 10.00 Å². The maximum Gasteiger partial charge on any atom is 0.289 e. The normalized spacial score (nSPS) is 21.0. The lowest BCUT2D eigenvalue weighted by atomic mass is 9.98. The van der Waals surface area contributed by atoms with Crippen molar-refractivity contribution in [3.63, 3.8) is 0 Å². The summed E-state index contributed by atoms with van der Waals surface area (Å²) in [6.45, 7) is 2.14. The second-order valence-corrected chi connectivity index (χ2v) is 5.20. The summed E-state index contributed by atoms with van der Waals surface area (Å²) in [6.07, 6.45) is 2.07. The maximum atomic E-state index is 11.0. The molecule has 0 spiro atoms. The number of anilines is 1. The Morgan fingerprint density at radius 1 is 1.62 bits per heavy atom. The van der Waals surface area contributed by atoms with Gasteiger partial charge in [0.2, 0.25) is 0 Å². The standard InChI is InChI=1S/C14H18N4O3/c1-21-10-14(5-2-6-17-14)9-16-12-4-3-11(8-15)13(7-12)18(19)20/h3-4,7,16-17H,2,5-6,9-10H2,1H3. The average molecular weight is 290 g/mol. The quantitative estimate of drug-likeness (QED) is 0.610. The molecule has 0 aromatic heterocycles. The van der Waals surface area contributed by atoms with Crippen LogP contribution in [0.2, 0.25) is 0 Å². The van der Waals surface area contributed by atoms with Crippen molar-refractivity contribution in [2.45, 2.75) is 18.4 Å². The number of ether oxygens (including phenoxy) is 1. The van der Waals surface area contributed by atoms with E-state index in [1.165, 1.54) is 12.1 Å². The molecule has 1 fully saturated rings. The topological polar surface area (TPSA) is 100 Å². The van der Waals surface area contributed by atoms with Crippen molar-refractivity contribution in [2.75, 3.05) is 32.1 Å². The molecule has 2 N–H and O–H groups in total. The van der Waals surface area contributed by atoms with E-state index in [1.54, 1.807) is 13.2 Å². The van der Waals surface area contributed by atoms with E-state index in [0.29, 0.717) is 18.8 Å². The lowest BCUT2D eigenvalue weighted by Crippen LogP contribution is -2.49. The monoisotopic (exact) mass is 290 g/mol. The van der Waals surface area contributed by atoms with Crippen molar-refractivity contribution in [1.82, 2.24) is 5.32 Å². The van der Waals surface area contributed by atoms with Crippen LogP contribution in [0.3, 0.4) is 0 Å². The zero-order valence-corrected chi connectivity index (χ0v) is 11.9. The highest BCUT2D eigenvalue weighted by molar-refractivity contribution is 5.59. The second kappa shape index (κ2) is 6.52. The van der Waals surface area contributed by atoms with Crippen molar-refractivity contribution in [3.05, 3.63) is 33.9 Å². The smallest absolute Gasteiger partial charge is 0.289 e. The van der Waals surface area contributed by atoms with Crippen LogP contribution in [0.5, 0.6) is 0 Å². The summed E-state index contributed by atoms with van der Waals surface area (Å²) >= 11 is 0. The molecule has 1 unspecified atom stereocenters. The molecule has 1 aromatic rings. The SMILES string of the molecule is COCC1(CNc2ccc(C#N)c([N+](=O)[O-])c2)CCCN1. The molecule has 0 radical (unpaired) electrons. The number of hydrogen-bond acceptors (Lipinski definition) is 6. The number of benzene rings is 1. The largest absolute Gasteiger partial charge is 0.383 e. The molecular formula is C14H18N4O3. The van der Waals surface area contributed by atoms with Crippen LogP contribution in [0, 0.1) is 21.4 Å². The Labute approximate surface area is 123 Å². The molecule has 2 rings (SSSR count). The first kappa shape index (κ1) is 15.2. The first-order valence-electron chi connectivity index (χ1n) is 6.77. The molecule has 1 aliphatic heterocycles. The Morgan fingerprint density at radius 2 is 2.43 bits per heavy atom. The number of rotatable bonds is 6. The zero-order valence-electron chi connectivity index (χ0n) is 11.9. The third kappa shape index (κ3) is 3.48. The van der Waals surface area contributed by atoms with Gasteiger partial charge in [-0.2, -0.15) is 5.26 Å². The van der Waals surface area contributed by atoms with Crippen molar-refractivity contribution >= 4 is 11.4 Å². The van der Waals surface area contributed by atoms with Crippen molar-refractivity contribution in [3.8, 4) is 6.07 Å². The fourth-order valence-corrected chi connectivity index (χ4v) is 2.63. The molecule has 1 atom stereocenters. The molecule has 0 amide bonds. The molecule has 1 saturated heterocycles. The minimum absolute atomic E-state index is 0.0659.